The predicted octanol–water partition coefficient (Wildman–Crippen LogP) is 3.11. The Kier molecular flexibility index (Phi) is 7.83. The summed E-state index contributed by atoms with van der Waals surface area (Å²) in [5.41, 5.74) is 3.05. The van der Waals surface area contributed by atoms with E-state index in [0.717, 1.165) is 16.7 Å². The molecule has 2 amide bonds. The SMILES string of the molecule is CCOCc1ccc(CNC(=O)CC(NC(C)=O)c2ccccc2)cc1. The molecular formula is C21H26N2O3. The molecule has 0 heterocycles. The number of ether oxygens (including phenoxy) is 1. The molecule has 0 aliphatic heterocycles. The van der Waals surface area contributed by atoms with Crippen LogP contribution in [0.15, 0.2) is 54.6 Å². The Morgan fingerprint density at radius 2 is 1.65 bits per heavy atom. The fraction of sp³-hybridized carbons (Fsp3) is 0.333. The zero-order valence-electron chi connectivity index (χ0n) is 15.3. The first-order valence-corrected chi connectivity index (χ1v) is 8.82. The van der Waals surface area contributed by atoms with Crippen LogP contribution in [0.4, 0.5) is 0 Å². The van der Waals surface area contributed by atoms with Crippen molar-refractivity contribution >= 4 is 11.8 Å². The van der Waals surface area contributed by atoms with E-state index in [9.17, 15) is 9.59 Å². The normalized spacial score (nSPS) is 11.6. The van der Waals surface area contributed by atoms with Crippen molar-refractivity contribution in [3.63, 3.8) is 0 Å². The van der Waals surface area contributed by atoms with E-state index >= 15 is 0 Å². The molecule has 0 saturated carbocycles. The van der Waals surface area contributed by atoms with Gasteiger partial charge in [0.05, 0.1) is 19.1 Å². The van der Waals surface area contributed by atoms with E-state index in [1.165, 1.54) is 6.92 Å². The summed E-state index contributed by atoms with van der Waals surface area (Å²) < 4.78 is 5.37. The lowest BCUT2D eigenvalue weighted by atomic mass is 10.0. The molecule has 2 rings (SSSR count). The highest BCUT2D eigenvalue weighted by molar-refractivity contribution is 5.79. The molecule has 2 aromatic carbocycles. The van der Waals surface area contributed by atoms with Gasteiger partial charge in [-0.2, -0.15) is 0 Å². The van der Waals surface area contributed by atoms with Gasteiger partial charge in [-0.05, 0) is 23.6 Å². The largest absolute Gasteiger partial charge is 0.377 e. The van der Waals surface area contributed by atoms with Crippen LogP contribution in [0.3, 0.4) is 0 Å². The number of hydrogen-bond acceptors (Lipinski definition) is 3. The van der Waals surface area contributed by atoms with Crippen molar-refractivity contribution in [3.05, 3.63) is 71.3 Å². The van der Waals surface area contributed by atoms with Crippen molar-refractivity contribution in [3.8, 4) is 0 Å². The second-order valence-corrected chi connectivity index (χ2v) is 6.10. The van der Waals surface area contributed by atoms with E-state index in [1.54, 1.807) is 0 Å². The summed E-state index contributed by atoms with van der Waals surface area (Å²) in [5.74, 6) is -0.262. The maximum absolute atomic E-state index is 12.3. The fourth-order valence-corrected chi connectivity index (χ4v) is 2.61. The maximum atomic E-state index is 12.3. The molecule has 2 N–H and O–H groups in total. The Bertz CT molecular complexity index is 699. The van der Waals surface area contributed by atoms with Gasteiger partial charge in [-0.1, -0.05) is 54.6 Å². The average molecular weight is 354 g/mol. The van der Waals surface area contributed by atoms with Crippen molar-refractivity contribution in [1.82, 2.24) is 10.6 Å². The molecule has 26 heavy (non-hydrogen) atoms. The van der Waals surface area contributed by atoms with E-state index in [0.29, 0.717) is 19.8 Å². The van der Waals surface area contributed by atoms with Crippen LogP contribution in [-0.2, 0) is 27.5 Å². The van der Waals surface area contributed by atoms with Gasteiger partial charge in [0.2, 0.25) is 11.8 Å². The van der Waals surface area contributed by atoms with Crippen molar-refractivity contribution in [1.29, 1.82) is 0 Å². The Labute approximate surface area is 154 Å². The van der Waals surface area contributed by atoms with Gasteiger partial charge in [0.1, 0.15) is 0 Å². The molecule has 5 nitrogen and oxygen atoms in total. The standard InChI is InChI=1S/C21H26N2O3/c1-3-26-15-18-11-9-17(10-12-18)14-22-21(25)13-20(23-16(2)24)19-7-5-4-6-8-19/h4-12,20H,3,13-15H2,1-2H3,(H,22,25)(H,23,24). The van der Waals surface area contributed by atoms with E-state index in [4.69, 9.17) is 4.74 Å². The number of hydrogen-bond donors (Lipinski definition) is 2. The summed E-state index contributed by atoms with van der Waals surface area (Å²) in [7, 11) is 0. The van der Waals surface area contributed by atoms with Gasteiger partial charge < -0.3 is 15.4 Å². The highest BCUT2D eigenvalue weighted by atomic mass is 16.5. The Balaban J connectivity index is 1.88. The monoisotopic (exact) mass is 354 g/mol. The highest BCUT2D eigenvalue weighted by Gasteiger charge is 2.16. The first-order valence-electron chi connectivity index (χ1n) is 8.82. The van der Waals surface area contributed by atoms with Crippen molar-refractivity contribution in [2.45, 2.75) is 39.5 Å². The fourth-order valence-electron chi connectivity index (χ4n) is 2.61. The Morgan fingerprint density at radius 3 is 2.27 bits per heavy atom. The first-order chi connectivity index (χ1) is 12.6. The second-order valence-electron chi connectivity index (χ2n) is 6.10. The van der Waals surface area contributed by atoms with Crippen LogP contribution in [0.1, 0.15) is 43.0 Å². The maximum Gasteiger partial charge on any atom is 0.222 e. The Morgan fingerprint density at radius 1 is 1.00 bits per heavy atom. The van der Waals surface area contributed by atoms with Gasteiger partial charge in [-0.3, -0.25) is 9.59 Å². The number of carbonyl (C=O) groups excluding carboxylic acids is 2. The molecule has 0 spiro atoms. The molecule has 0 aliphatic carbocycles. The number of rotatable bonds is 9. The lowest BCUT2D eigenvalue weighted by molar-refractivity contribution is -0.122. The molecule has 0 aromatic heterocycles. The lowest BCUT2D eigenvalue weighted by Gasteiger charge is -2.18. The Hall–Kier alpha value is -2.66. The average Bonchev–Trinajstić information content (AvgIpc) is 2.65. The summed E-state index contributed by atoms with van der Waals surface area (Å²) in [6, 6.07) is 17.1. The van der Waals surface area contributed by atoms with Crippen molar-refractivity contribution in [2.24, 2.45) is 0 Å². The molecule has 1 atom stereocenters. The summed E-state index contributed by atoms with van der Waals surface area (Å²) in [4.78, 5) is 23.7. The van der Waals surface area contributed by atoms with Crippen LogP contribution >= 0.6 is 0 Å². The summed E-state index contributed by atoms with van der Waals surface area (Å²) in [6.45, 7) is 5.16. The quantitative estimate of drug-likeness (QED) is 0.727. The summed E-state index contributed by atoms with van der Waals surface area (Å²) in [5, 5.41) is 5.75. The third-order valence-corrected chi connectivity index (χ3v) is 3.95. The smallest absolute Gasteiger partial charge is 0.222 e. The molecular weight excluding hydrogens is 328 g/mol. The summed E-state index contributed by atoms with van der Waals surface area (Å²) >= 11 is 0. The lowest BCUT2D eigenvalue weighted by Crippen LogP contribution is -2.32. The van der Waals surface area contributed by atoms with E-state index < -0.39 is 0 Å². The molecule has 0 radical (unpaired) electrons. The van der Waals surface area contributed by atoms with Gasteiger partial charge in [0, 0.05) is 20.1 Å². The molecule has 0 aliphatic rings. The minimum absolute atomic E-state index is 0.106. The number of amides is 2. The van der Waals surface area contributed by atoms with Gasteiger partial charge >= 0.3 is 0 Å². The van der Waals surface area contributed by atoms with Crippen LogP contribution in [0, 0.1) is 0 Å². The van der Waals surface area contributed by atoms with Gasteiger partial charge in [0.15, 0.2) is 0 Å². The molecule has 138 valence electrons. The van der Waals surface area contributed by atoms with Crippen LogP contribution in [0.25, 0.3) is 0 Å². The highest BCUT2D eigenvalue weighted by Crippen LogP contribution is 2.16. The minimum Gasteiger partial charge on any atom is -0.377 e. The predicted molar refractivity (Wildman–Crippen MR) is 101 cm³/mol. The number of benzene rings is 2. The van der Waals surface area contributed by atoms with E-state index in [2.05, 4.69) is 10.6 Å². The topological polar surface area (TPSA) is 67.4 Å². The number of nitrogens with one attached hydrogen (secondary N) is 2. The van der Waals surface area contributed by atoms with Crippen LogP contribution < -0.4 is 10.6 Å². The molecule has 0 saturated heterocycles. The zero-order valence-corrected chi connectivity index (χ0v) is 15.3. The molecule has 2 aromatic rings. The third kappa shape index (κ3) is 6.69. The van der Waals surface area contributed by atoms with Crippen molar-refractivity contribution in [2.75, 3.05) is 6.61 Å². The van der Waals surface area contributed by atoms with E-state index in [-0.39, 0.29) is 24.3 Å². The van der Waals surface area contributed by atoms with E-state index in [1.807, 2.05) is 61.5 Å². The van der Waals surface area contributed by atoms with Gasteiger partial charge in [-0.25, -0.2) is 0 Å². The second kappa shape index (κ2) is 10.4. The molecule has 5 heteroatoms. The molecule has 0 fully saturated rings. The minimum atomic E-state index is -0.331. The van der Waals surface area contributed by atoms with Gasteiger partial charge in [-0.15, -0.1) is 0 Å². The first kappa shape index (κ1) is 19.7. The third-order valence-electron chi connectivity index (χ3n) is 3.95. The van der Waals surface area contributed by atoms with Crippen LogP contribution in [0.5, 0.6) is 0 Å². The van der Waals surface area contributed by atoms with Crippen LogP contribution in [-0.4, -0.2) is 18.4 Å². The summed E-state index contributed by atoms with van der Waals surface area (Å²) in [6.07, 6.45) is 0.200. The number of carbonyl (C=O) groups is 2. The molecule has 0 bridgehead atoms. The van der Waals surface area contributed by atoms with Crippen LogP contribution in [0.2, 0.25) is 0 Å². The van der Waals surface area contributed by atoms with Gasteiger partial charge in [0.25, 0.3) is 0 Å². The zero-order chi connectivity index (χ0) is 18.8. The molecule has 1 unspecified atom stereocenters. The van der Waals surface area contributed by atoms with Crippen molar-refractivity contribution < 1.29 is 14.3 Å².